The first kappa shape index (κ1) is 11.2. The van der Waals surface area contributed by atoms with Crippen LogP contribution in [0.3, 0.4) is 0 Å². The van der Waals surface area contributed by atoms with Gasteiger partial charge in [-0.1, -0.05) is 0 Å². The molecule has 1 saturated carbocycles. The molecule has 0 aromatic heterocycles. The van der Waals surface area contributed by atoms with E-state index in [-0.39, 0.29) is 11.0 Å². The quantitative estimate of drug-likeness (QED) is 0.822. The van der Waals surface area contributed by atoms with Crippen molar-refractivity contribution in [1.29, 1.82) is 0 Å². The predicted octanol–water partition coefficient (Wildman–Crippen LogP) is 0.917. The Labute approximate surface area is 94.6 Å². The van der Waals surface area contributed by atoms with Crippen molar-refractivity contribution in [2.24, 2.45) is 5.14 Å². The minimum absolute atomic E-state index is 0.0714. The minimum Gasteiger partial charge on any atom is -0.488 e. The molecule has 0 aliphatic heterocycles. The molecular formula is C10H14N2O3S. The molecule has 1 aromatic rings. The van der Waals surface area contributed by atoms with Crippen LogP contribution in [0, 0.1) is 0 Å². The van der Waals surface area contributed by atoms with Gasteiger partial charge >= 0.3 is 0 Å². The Balaban J connectivity index is 2.37. The van der Waals surface area contributed by atoms with E-state index in [9.17, 15) is 8.42 Å². The zero-order chi connectivity index (χ0) is 11.8. The first-order valence-corrected chi connectivity index (χ1v) is 6.56. The fourth-order valence-electron chi connectivity index (χ4n) is 1.35. The zero-order valence-corrected chi connectivity index (χ0v) is 9.75. The van der Waals surface area contributed by atoms with Crippen LogP contribution in [-0.4, -0.2) is 21.6 Å². The molecule has 3 N–H and O–H groups in total. The van der Waals surface area contributed by atoms with E-state index in [1.54, 1.807) is 13.1 Å². The molecule has 0 heterocycles. The number of hydrogen-bond acceptors (Lipinski definition) is 4. The summed E-state index contributed by atoms with van der Waals surface area (Å²) in [5.41, 5.74) is 0.763. The molecule has 0 saturated heterocycles. The molecule has 0 atom stereocenters. The molecule has 0 bridgehead atoms. The Hall–Kier alpha value is -1.27. The van der Waals surface area contributed by atoms with Gasteiger partial charge in [0.1, 0.15) is 5.75 Å². The second kappa shape index (κ2) is 3.95. The largest absolute Gasteiger partial charge is 0.488 e. The number of sulfonamides is 1. The molecule has 1 aromatic carbocycles. The molecule has 2 rings (SSSR count). The van der Waals surface area contributed by atoms with Gasteiger partial charge in [0.15, 0.2) is 0 Å². The van der Waals surface area contributed by atoms with Crippen LogP contribution in [0.1, 0.15) is 12.8 Å². The van der Waals surface area contributed by atoms with Crippen molar-refractivity contribution in [1.82, 2.24) is 0 Å². The summed E-state index contributed by atoms with van der Waals surface area (Å²) in [4.78, 5) is 0.0714. The third kappa shape index (κ3) is 2.45. The van der Waals surface area contributed by atoms with Gasteiger partial charge in [0.25, 0.3) is 0 Å². The highest BCUT2D eigenvalue weighted by atomic mass is 32.2. The van der Waals surface area contributed by atoms with E-state index in [1.165, 1.54) is 12.1 Å². The van der Waals surface area contributed by atoms with Crippen LogP contribution in [0.25, 0.3) is 0 Å². The second-order valence-electron chi connectivity index (χ2n) is 3.77. The molecule has 1 aliphatic carbocycles. The van der Waals surface area contributed by atoms with Crippen molar-refractivity contribution < 1.29 is 13.2 Å². The lowest BCUT2D eigenvalue weighted by molar-refractivity contribution is 0.304. The number of primary sulfonamides is 1. The van der Waals surface area contributed by atoms with E-state index in [0.29, 0.717) is 5.75 Å². The highest BCUT2D eigenvalue weighted by molar-refractivity contribution is 7.89. The fourth-order valence-corrected chi connectivity index (χ4v) is 1.88. The Bertz CT molecular complexity index is 495. The Morgan fingerprint density at radius 2 is 2.12 bits per heavy atom. The summed E-state index contributed by atoms with van der Waals surface area (Å²) in [5.74, 6) is 0.538. The molecule has 1 fully saturated rings. The lowest BCUT2D eigenvalue weighted by atomic mass is 10.3. The van der Waals surface area contributed by atoms with Gasteiger partial charge in [-0.15, -0.1) is 0 Å². The van der Waals surface area contributed by atoms with Gasteiger partial charge in [-0.3, -0.25) is 0 Å². The maximum atomic E-state index is 11.2. The van der Waals surface area contributed by atoms with Crippen LogP contribution >= 0.6 is 0 Å². The summed E-state index contributed by atoms with van der Waals surface area (Å²) in [7, 11) is -1.92. The molecule has 0 spiro atoms. The summed E-state index contributed by atoms with van der Waals surface area (Å²) >= 11 is 0. The van der Waals surface area contributed by atoms with Gasteiger partial charge in [0.05, 0.1) is 16.7 Å². The lowest BCUT2D eigenvalue weighted by Gasteiger charge is -2.11. The average Bonchev–Trinajstić information content (AvgIpc) is 3.00. The van der Waals surface area contributed by atoms with Crippen molar-refractivity contribution in [3.8, 4) is 5.75 Å². The fraction of sp³-hybridized carbons (Fsp3) is 0.400. The lowest BCUT2D eigenvalue weighted by Crippen LogP contribution is -2.12. The number of anilines is 1. The number of hydrogen-bond donors (Lipinski definition) is 2. The standard InChI is InChI=1S/C10H14N2O3S/c1-12-9-5-4-8(16(11,13)14)6-10(9)15-7-2-3-7/h4-7,12H,2-3H2,1H3,(H2,11,13,14). The number of ether oxygens (including phenoxy) is 1. The van der Waals surface area contributed by atoms with E-state index in [2.05, 4.69) is 5.32 Å². The van der Waals surface area contributed by atoms with Crippen molar-refractivity contribution in [3.05, 3.63) is 18.2 Å². The second-order valence-corrected chi connectivity index (χ2v) is 5.33. The number of nitrogens with two attached hydrogens (primary N) is 1. The molecule has 1 aliphatic rings. The average molecular weight is 242 g/mol. The maximum absolute atomic E-state index is 11.2. The van der Waals surface area contributed by atoms with Crippen LogP contribution in [0.2, 0.25) is 0 Å². The van der Waals surface area contributed by atoms with Crippen LogP contribution in [0.4, 0.5) is 5.69 Å². The summed E-state index contributed by atoms with van der Waals surface area (Å²) in [6.07, 6.45) is 2.24. The van der Waals surface area contributed by atoms with E-state index in [4.69, 9.17) is 9.88 Å². The van der Waals surface area contributed by atoms with Crippen LogP contribution in [-0.2, 0) is 10.0 Å². The Morgan fingerprint density at radius 3 is 2.62 bits per heavy atom. The summed E-state index contributed by atoms with van der Waals surface area (Å²) in [5, 5.41) is 8.01. The van der Waals surface area contributed by atoms with Crippen LogP contribution in [0.15, 0.2) is 23.1 Å². The minimum atomic E-state index is -3.67. The molecule has 88 valence electrons. The van der Waals surface area contributed by atoms with E-state index in [0.717, 1.165) is 18.5 Å². The number of nitrogens with one attached hydrogen (secondary N) is 1. The Morgan fingerprint density at radius 1 is 1.44 bits per heavy atom. The molecule has 0 unspecified atom stereocenters. The van der Waals surface area contributed by atoms with Crippen molar-refractivity contribution in [3.63, 3.8) is 0 Å². The zero-order valence-electron chi connectivity index (χ0n) is 8.93. The molecule has 0 radical (unpaired) electrons. The van der Waals surface area contributed by atoms with Gasteiger partial charge < -0.3 is 10.1 Å². The predicted molar refractivity (Wildman–Crippen MR) is 61.0 cm³/mol. The van der Waals surface area contributed by atoms with Crippen molar-refractivity contribution >= 4 is 15.7 Å². The highest BCUT2D eigenvalue weighted by Gasteiger charge is 2.25. The van der Waals surface area contributed by atoms with Crippen molar-refractivity contribution in [2.75, 3.05) is 12.4 Å². The summed E-state index contributed by atoms with van der Waals surface area (Å²) < 4.78 is 28.0. The normalized spacial score (nSPS) is 15.9. The SMILES string of the molecule is CNc1ccc(S(N)(=O)=O)cc1OC1CC1. The van der Waals surface area contributed by atoms with E-state index >= 15 is 0 Å². The number of rotatable bonds is 4. The van der Waals surface area contributed by atoms with Crippen LogP contribution < -0.4 is 15.2 Å². The molecule has 0 amide bonds. The summed E-state index contributed by atoms with van der Waals surface area (Å²) in [6, 6.07) is 4.57. The summed E-state index contributed by atoms with van der Waals surface area (Å²) in [6.45, 7) is 0. The van der Waals surface area contributed by atoms with E-state index < -0.39 is 10.0 Å². The molecule has 6 heteroatoms. The van der Waals surface area contributed by atoms with Gasteiger partial charge in [-0.25, -0.2) is 13.6 Å². The smallest absolute Gasteiger partial charge is 0.238 e. The topological polar surface area (TPSA) is 81.4 Å². The van der Waals surface area contributed by atoms with E-state index in [1.807, 2.05) is 0 Å². The van der Waals surface area contributed by atoms with Gasteiger partial charge in [0, 0.05) is 13.1 Å². The third-order valence-electron chi connectivity index (χ3n) is 2.37. The molecule has 5 nitrogen and oxygen atoms in total. The highest BCUT2D eigenvalue weighted by Crippen LogP contribution is 2.33. The Kier molecular flexibility index (Phi) is 2.77. The molecular weight excluding hydrogens is 228 g/mol. The number of benzene rings is 1. The first-order chi connectivity index (χ1) is 7.50. The van der Waals surface area contributed by atoms with Gasteiger partial charge in [-0.05, 0) is 25.0 Å². The molecule has 16 heavy (non-hydrogen) atoms. The van der Waals surface area contributed by atoms with Crippen LogP contribution in [0.5, 0.6) is 5.75 Å². The van der Waals surface area contributed by atoms with Gasteiger partial charge in [-0.2, -0.15) is 0 Å². The maximum Gasteiger partial charge on any atom is 0.238 e. The monoisotopic (exact) mass is 242 g/mol. The van der Waals surface area contributed by atoms with Gasteiger partial charge in [0.2, 0.25) is 10.0 Å². The first-order valence-electron chi connectivity index (χ1n) is 5.02. The third-order valence-corrected chi connectivity index (χ3v) is 3.28. The van der Waals surface area contributed by atoms with Crippen molar-refractivity contribution in [2.45, 2.75) is 23.8 Å².